The molecule has 2 rings (SSSR count). The molecule has 0 spiro atoms. The van der Waals surface area contributed by atoms with Crippen LogP contribution in [0, 0.1) is 0 Å². The number of para-hydroxylation sites is 1. The van der Waals surface area contributed by atoms with Crippen molar-refractivity contribution in [3.05, 3.63) is 36.0 Å². The minimum atomic E-state index is -1.02. The molecule has 0 amide bonds. The van der Waals surface area contributed by atoms with Crippen LogP contribution < -0.4 is 0 Å². The van der Waals surface area contributed by atoms with Gasteiger partial charge in [-0.05, 0) is 17.7 Å². The Hall–Kier alpha value is -1.02. The van der Waals surface area contributed by atoms with Crippen molar-refractivity contribution in [3.8, 4) is 0 Å². The summed E-state index contributed by atoms with van der Waals surface area (Å²) in [6.45, 7) is 7.28. The van der Waals surface area contributed by atoms with Crippen LogP contribution in [0.2, 0.25) is 19.6 Å². The van der Waals surface area contributed by atoms with Gasteiger partial charge in [0.1, 0.15) is 0 Å². The van der Waals surface area contributed by atoms with E-state index in [4.69, 9.17) is 0 Å². The number of hydrogen-bond donors (Lipinski definition) is 0. The summed E-state index contributed by atoms with van der Waals surface area (Å²) < 4.78 is 2.24. The van der Waals surface area contributed by atoms with E-state index in [-0.39, 0.29) is 0 Å². The minimum Gasteiger partial charge on any atom is -0.350 e. The lowest BCUT2D eigenvalue weighted by Gasteiger charge is -2.14. The number of nitrogens with zero attached hydrogens (tertiary/aromatic N) is 1. The molecule has 2 heteroatoms. The molecule has 1 nitrogen and oxygen atoms in total. The summed E-state index contributed by atoms with van der Waals surface area (Å²) in [6.07, 6.45) is 2.29. The lowest BCUT2D eigenvalue weighted by molar-refractivity contribution is 0.961. The Labute approximate surface area is 92.7 Å². The molecule has 0 unspecified atom stereocenters. The molecule has 0 atom stereocenters. The molecule has 2 aromatic rings. The number of rotatable bonds is 2. The van der Waals surface area contributed by atoms with Crippen molar-refractivity contribution in [2.45, 2.75) is 25.7 Å². The second kappa shape index (κ2) is 3.53. The Kier molecular flexibility index (Phi) is 2.47. The molecule has 0 aliphatic rings. The molecule has 15 heavy (non-hydrogen) atoms. The van der Waals surface area contributed by atoms with Gasteiger partial charge in [0.2, 0.25) is 0 Å². The van der Waals surface area contributed by atoms with Crippen molar-refractivity contribution in [2.75, 3.05) is 0 Å². The normalized spacial score (nSPS) is 12.3. The first-order valence-corrected chi connectivity index (χ1v) is 9.21. The third-order valence-electron chi connectivity index (χ3n) is 2.70. The molecule has 0 radical (unpaired) electrons. The summed E-state index contributed by atoms with van der Waals surface area (Å²) in [7, 11) is 1.12. The highest BCUT2D eigenvalue weighted by molar-refractivity contribution is 6.75. The first-order valence-electron chi connectivity index (χ1n) is 5.50. The van der Waals surface area contributed by atoms with Gasteiger partial charge >= 0.3 is 0 Å². The van der Waals surface area contributed by atoms with Crippen LogP contribution in [0.1, 0.15) is 5.56 Å². The summed E-state index contributed by atoms with van der Waals surface area (Å²) in [5.41, 5.74) is 2.87. The van der Waals surface area contributed by atoms with Gasteiger partial charge in [0.05, 0.1) is 0 Å². The molecule has 0 bridgehead atoms. The maximum atomic E-state index is 2.43. The second-order valence-electron chi connectivity index (χ2n) is 5.52. The van der Waals surface area contributed by atoms with Gasteiger partial charge in [0, 0.05) is 32.2 Å². The molecule has 1 aromatic carbocycles. The van der Waals surface area contributed by atoms with Gasteiger partial charge in [-0.3, -0.25) is 0 Å². The van der Waals surface area contributed by atoms with E-state index >= 15 is 0 Å². The molecular weight excluding hydrogens is 198 g/mol. The maximum absolute atomic E-state index is 2.43. The molecule has 0 N–H and O–H groups in total. The molecular formula is C13H19NSi. The fourth-order valence-corrected chi connectivity index (χ4v) is 3.56. The summed E-state index contributed by atoms with van der Waals surface area (Å²) in [5, 5.41) is 1.43. The van der Waals surface area contributed by atoms with E-state index in [1.165, 1.54) is 22.5 Å². The van der Waals surface area contributed by atoms with Crippen LogP contribution in [-0.4, -0.2) is 12.6 Å². The SMILES string of the molecule is Cn1cc(C[Si](C)(C)C)c2ccccc21. The average Bonchev–Trinajstić information content (AvgIpc) is 2.42. The van der Waals surface area contributed by atoms with E-state index in [1.807, 2.05) is 0 Å². The standard InChI is InChI=1S/C13H19NSi/c1-14-9-11(10-15(2,3)4)12-7-5-6-8-13(12)14/h5-9H,10H2,1-4H3. The summed E-state index contributed by atoms with van der Waals surface area (Å²) in [5.74, 6) is 0. The van der Waals surface area contributed by atoms with Crippen LogP contribution in [0.25, 0.3) is 10.9 Å². The van der Waals surface area contributed by atoms with Crippen molar-refractivity contribution in [1.29, 1.82) is 0 Å². The zero-order valence-corrected chi connectivity index (χ0v) is 11.0. The largest absolute Gasteiger partial charge is 0.350 e. The number of aromatic nitrogens is 1. The highest BCUT2D eigenvalue weighted by Crippen LogP contribution is 2.23. The maximum Gasteiger partial charge on any atom is 0.0488 e. The number of fused-ring (bicyclic) bond motifs is 1. The van der Waals surface area contributed by atoms with Gasteiger partial charge in [-0.15, -0.1) is 0 Å². The van der Waals surface area contributed by atoms with Gasteiger partial charge in [-0.1, -0.05) is 37.8 Å². The predicted octanol–water partition coefficient (Wildman–Crippen LogP) is 3.60. The molecule has 0 saturated heterocycles. The first kappa shape index (κ1) is 10.5. The molecule has 0 fully saturated rings. The monoisotopic (exact) mass is 217 g/mol. The molecule has 1 aromatic heterocycles. The highest BCUT2D eigenvalue weighted by atomic mass is 28.3. The van der Waals surface area contributed by atoms with Crippen LogP contribution in [-0.2, 0) is 13.1 Å². The third-order valence-corrected chi connectivity index (χ3v) is 4.14. The zero-order chi connectivity index (χ0) is 11.1. The summed E-state index contributed by atoms with van der Waals surface area (Å²) in [4.78, 5) is 0. The summed E-state index contributed by atoms with van der Waals surface area (Å²) in [6, 6.07) is 9.96. The molecule has 0 saturated carbocycles. The quantitative estimate of drug-likeness (QED) is 0.677. The van der Waals surface area contributed by atoms with Crippen LogP contribution in [0.15, 0.2) is 30.5 Å². The first-order chi connectivity index (χ1) is 6.97. The average molecular weight is 217 g/mol. The van der Waals surface area contributed by atoms with Crippen molar-refractivity contribution >= 4 is 19.0 Å². The van der Waals surface area contributed by atoms with E-state index in [0.29, 0.717) is 0 Å². The fraction of sp³-hybridized carbons (Fsp3) is 0.385. The lowest BCUT2D eigenvalue weighted by Crippen LogP contribution is -2.23. The molecule has 80 valence electrons. The van der Waals surface area contributed by atoms with Crippen molar-refractivity contribution in [2.24, 2.45) is 7.05 Å². The van der Waals surface area contributed by atoms with Crippen molar-refractivity contribution < 1.29 is 0 Å². The Morgan fingerprint density at radius 3 is 2.47 bits per heavy atom. The topological polar surface area (TPSA) is 4.93 Å². The van der Waals surface area contributed by atoms with Crippen LogP contribution in [0.5, 0.6) is 0 Å². The molecule has 0 aliphatic carbocycles. The van der Waals surface area contributed by atoms with Crippen LogP contribution >= 0.6 is 0 Å². The van der Waals surface area contributed by atoms with Crippen molar-refractivity contribution in [3.63, 3.8) is 0 Å². The van der Waals surface area contributed by atoms with Gasteiger partial charge < -0.3 is 4.57 Å². The zero-order valence-electron chi connectivity index (χ0n) is 10.0. The Morgan fingerprint density at radius 1 is 1.13 bits per heavy atom. The van der Waals surface area contributed by atoms with Crippen LogP contribution in [0.3, 0.4) is 0 Å². The van der Waals surface area contributed by atoms with Gasteiger partial charge in [0.25, 0.3) is 0 Å². The van der Waals surface area contributed by atoms with Gasteiger partial charge in [-0.2, -0.15) is 0 Å². The molecule has 1 heterocycles. The van der Waals surface area contributed by atoms with Crippen LogP contribution in [0.4, 0.5) is 0 Å². The number of benzene rings is 1. The number of hydrogen-bond acceptors (Lipinski definition) is 0. The Balaban J connectivity index is 2.53. The summed E-state index contributed by atoms with van der Waals surface area (Å²) >= 11 is 0. The highest BCUT2D eigenvalue weighted by Gasteiger charge is 2.16. The number of aryl methyl sites for hydroxylation is 1. The molecule has 0 aliphatic heterocycles. The fourth-order valence-electron chi connectivity index (χ4n) is 2.14. The van der Waals surface area contributed by atoms with E-state index in [0.717, 1.165) is 0 Å². The Morgan fingerprint density at radius 2 is 1.80 bits per heavy atom. The van der Waals surface area contributed by atoms with E-state index in [9.17, 15) is 0 Å². The smallest absolute Gasteiger partial charge is 0.0488 e. The minimum absolute atomic E-state index is 1.02. The van der Waals surface area contributed by atoms with Crippen molar-refractivity contribution in [1.82, 2.24) is 4.57 Å². The van der Waals surface area contributed by atoms with Gasteiger partial charge in [0.15, 0.2) is 0 Å². The lowest BCUT2D eigenvalue weighted by atomic mass is 10.2. The second-order valence-corrected chi connectivity index (χ2v) is 11.0. The third kappa shape index (κ3) is 2.15. The Bertz CT molecular complexity index is 477. The van der Waals surface area contributed by atoms with Gasteiger partial charge in [-0.25, -0.2) is 0 Å². The van der Waals surface area contributed by atoms with E-state index < -0.39 is 8.07 Å². The van der Waals surface area contributed by atoms with E-state index in [2.05, 4.69) is 61.7 Å². The predicted molar refractivity (Wildman–Crippen MR) is 70.0 cm³/mol. The van der Waals surface area contributed by atoms with E-state index in [1.54, 1.807) is 0 Å².